The Morgan fingerprint density at radius 1 is 1.05 bits per heavy atom. The molecule has 0 saturated heterocycles. The molecule has 2 N–H and O–H groups in total. The highest BCUT2D eigenvalue weighted by Gasteiger charge is 2.31. The van der Waals surface area contributed by atoms with E-state index < -0.39 is 6.10 Å². The van der Waals surface area contributed by atoms with Gasteiger partial charge in [0.25, 0.3) is 0 Å². The SMILES string of the molecule is Cc1ccccc1C1CC(Nc2ccccc2C(C)O)C1. The molecule has 1 aliphatic carbocycles. The van der Waals surface area contributed by atoms with Crippen molar-refractivity contribution in [2.45, 2.75) is 44.8 Å². The van der Waals surface area contributed by atoms with E-state index in [1.54, 1.807) is 0 Å². The molecule has 21 heavy (non-hydrogen) atoms. The quantitative estimate of drug-likeness (QED) is 0.870. The molecule has 0 radical (unpaired) electrons. The van der Waals surface area contributed by atoms with Gasteiger partial charge >= 0.3 is 0 Å². The zero-order valence-corrected chi connectivity index (χ0v) is 12.7. The van der Waals surface area contributed by atoms with Crippen LogP contribution >= 0.6 is 0 Å². The maximum absolute atomic E-state index is 9.83. The molecule has 0 amide bonds. The standard InChI is InChI=1S/C19H23NO/c1-13-7-3-4-8-17(13)15-11-16(12-15)20-19-10-6-5-9-18(19)14(2)21/h3-10,14-16,20-21H,11-12H2,1-2H3. The van der Waals surface area contributed by atoms with Gasteiger partial charge in [0.2, 0.25) is 0 Å². The summed E-state index contributed by atoms with van der Waals surface area (Å²) in [6.07, 6.45) is 1.90. The van der Waals surface area contributed by atoms with Crippen molar-refractivity contribution in [3.8, 4) is 0 Å². The van der Waals surface area contributed by atoms with Crippen molar-refractivity contribution in [3.63, 3.8) is 0 Å². The van der Waals surface area contributed by atoms with Crippen LogP contribution in [0.4, 0.5) is 5.69 Å². The first-order valence-electron chi connectivity index (χ1n) is 7.74. The Morgan fingerprint density at radius 2 is 1.71 bits per heavy atom. The highest BCUT2D eigenvalue weighted by Crippen LogP contribution is 2.40. The van der Waals surface area contributed by atoms with Gasteiger partial charge in [0, 0.05) is 17.3 Å². The van der Waals surface area contributed by atoms with Crippen LogP contribution in [0.3, 0.4) is 0 Å². The average molecular weight is 281 g/mol. The molecule has 0 spiro atoms. The number of aliphatic hydroxyl groups is 1. The summed E-state index contributed by atoms with van der Waals surface area (Å²) in [6, 6.07) is 17.2. The highest BCUT2D eigenvalue weighted by molar-refractivity contribution is 5.53. The number of rotatable bonds is 4. The van der Waals surface area contributed by atoms with Gasteiger partial charge in [-0.1, -0.05) is 42.5 Å². The first kappa shape index (κ1) is 14.2. The van der Waals surface area contributed by atoms with Crippen LogP contribution < -0.4 is 5.32 Å². The van der Waals surface area contributed by atoms with Gasteiger partial charge in [-0.2, -0.15) is 0 Å². The van der Waals surface area contributed by atoms with Gasteiger partial charge in [-0.3, -0.25) is 0 Å². The summed E-state index contributed by atoms with van der Waals surface area (Å²) in [6.45, 7) is 4.01. The van der Waals surface area contributed by atoms with E-state index in [0.717, 1.165) is 11.3 Å². The number of anilines is 1. The average Bonchev–Trinajstić information content (AvgIpc) is 2.44. The molecule has 2 aromatic rings. The lowest BCUT2D eigenvalue weighted by Gasteiger charge is -2.38. The molecule has 1 fully saturated rings. The maximum Gasteiger partial charge on any atom is 0.0781 e. The van der Waals surface area contributed by atoms with E-state index in [0.29, 0.717) is 12.0 Å². The number of benzene rings is 2. The topological polar surface area (TPSA) is 32.3 Å². The Bertz CT molecular complexity index is 614. The Kier molecular flexibility index (Phi) is 3.98. The summed E-state index contributed by atoms with van der Waals surface area (Å²) in [5.41, 5.74) is 4.93. The molecule has 1 unspecified atom stereocenters. The molecule has 110 valence electrons. The minimum Gasteiger partial charge on any atom is -0.389 e. The number of para-hydroxylation sites is 1. The molecule has 0 heterocycles. The number of hydrogen-bond acceptors (Lipinski definition) is 2. The van der Waals surface area contributed by atoms with E-state index in [4.69, 9.17) is 0 Å². The van der Waals surface area contributed by atoms with Gasteiger partial charge in [-0.15, -0.1) is 0 Å². The van der Waals surface area contributed by atoms with Gasteiger partial charge in [-0.05, 0) is 49.8 Å². The van der Waals surface area contributed by atoms with Crippen LogP contribution in [0.5, 0.6) is 0 Å². The van der Waals surface area contributed by atoms with Crippen LogP contribution in [0.25, 0.3) is 0 Å². The molecule has 1 atom stereocenters. The molecule has 3 rings (SSSR count). The lowest BCUT2D eigenvalue weighted by molar-refractivity contribution is 0.199. The molecule has 0 aromatic heterocycles. The van der Waals surface area contributed by atoms with Crippen molar-refractivity contribution in [2.75, 3.05) is 5.32 Å². The van der Waals surface area contributed by atoms with E-state index in [2.05, 4.69) is 42.6 Å². The fourth-order valence-electron chi connectivity index (χ4n) is 3.25. The van der Waals surface area contributed by atoms with E-state index in [-0.39, 0.29) is 0 Å². The van der Waals surface area contributed by atoms with E-state index in [1.807, 2.05) is 25.1 Å². The minimum atomic E-state index is -0.430. The molecular weight excluding hydrogens is 258 g/mol. The van der Waals surface area contributed by atoms with E-state index in [1.165, 1.54) is 24.0 Å². The van der Waals surface area contributed by atoms with Gasteiger partial charge in [0.05, 0.1) is 6.10 Å². The molecule has 2 aromatic carbocycles. The van der Waals surface area contributed by atoms with Crippen LogP contribution in [0.2, 0.25) is 0 Å². The Balaban J connectivity index is 1.64. The zero-order chi connectivity index (χ0) is 14.8. The Labute approximate surface area is 126 Å². The first-order valence-corrected chi connectivity index (χ1v) is 7.74. The van der Waals surface area contributed by atoms with Gasteiger partial charge in [-0.25, -0.2) is 0 Å². The van der Waals surface area contributed by atoms with Gasteiger partial charge < -0.3 is 10.4 Å². The Hall–Kier alpha value is -1.80. The predicted molar refractivity (Wildman–Crippen MR) is 87.6 cm³/mol. The second-order valence-electron chi connectivity index (χ2n) is 6.13. The van der Waals surface area contributed by atoms with Crippen molar-refractivity contribution in [3.05, 3.63) is 65.2 Å². The third-order valence-electron chi connectivity index (χ3n) is 4.54. The summed E-state index contributed by atoms with van der Waals surface area (Å²) in [7, 11) is 0. The van der Waals surface area contributed by atoms with Gasteiger partial charge in [0.1, 0.15) is 0 Å². The van der Waals surface area contributed by atoms with Crippen LogP contribution in [-0.2, 0) is 0 Å². The van der Waals surface area contributed by atoms with E-state index in [9.17, 15) is 5.11 Å². The van der Waals surface area contributed by atoms with E-state index >= 15 is 0 Å². The molecular formula is C19H23NO. The molecule has 2 heteroatoms. The zero-order valence-electron chi connectivity index (χ0n) is 12.7. The predicted octanol–water partition coefficient (Wildman–Crippen LogP) is 4.41. The fourth-order valence-corrected chi connectivity index (χ4v) is 3.25. The lowest BCUT2D eigenvalue weighted by Crippen LogP contribution is -2.34. The molecule has 0 bridgehead atoms. The summed E-state index contributed by atoms with van der Waals surface area (Å²) >= 11 is 0. The van der Waals surface area contributed by atoms with Crippen LogP contribution in [-0.4, -0.2) is 11.1 Å². The summed E-state index contributed by atoms with van der Waals surface area (Å²) in [5, 5.41) is 13.4. The van der Waals surface area contributed by atoms with Gasteiger partial charge in [0.15, 0.2) is 0 Å². The smallest absolute Gasteiger partial charge is 0.0781 e. The van der Waals surface area contributed by atoms with Crippen LogP contribution in [0.1, 0.15) is 48.5 Å². The lowest BCUT2D eigenvalue weighted by atomic mass is 9.74. The molecule has 0 aliphatic heterocycles. The normalized spacial score (nSPS) is 22.4. The maximum atomic E-state index is 9.83. The Morgan fingerprint density at radius 3 is 2.43 bits per heavy atom. The van der Waals surface area contributed by atoms with Crippen molar-refractivity contribution in [2.24, 2.45) is 0 Å². The van der Waals surface area contributed by atoms with Crippen molar-refractivity contribution < 1.29 is 5.11 Å². The third-order valence-corrected chi connectivity index (χ3v) is 4.54. The summed E-state index contributed by atoms with van der Waals surface area (Å²) < 4.78 is 0. The molecule has 1 saturated carbocycles. The second kappa shape index (κ2) is 5.90. The monoisotopic (exact) mass is 281 g/mol. The number of hydrogen-bond donors (Lipinski definition) is 2. The minimum absolute atomic E-state index is 0.430. The summed E-state index contributed by atoms with van der Waals surface area (Å²) in [5.74, 6) is 0.669. The summed E-state index contributed by atoms with van der Waals surface area (Å²) in [4.78, 5) is 0. The number of aliphatic hydroxyl groups excluding tert-OH is 1. The second-order valence-corrected chi connectivity index (χ2v) is 6.13. The van der Waals surface area contributed by atoms with Crippen molar-refractivity contribution in [1.29, 1.82) is 0 Å². The van der Waals surface area contributed by atoms with Crippen molar-refractivity contribution in [1.82, 2.24) is 0 Å². The van der Waals surface area contributed by atoms with Crippen LogP contribution in [0, 0.1) is 6.92 Å². The molecule has 2 nitrogen and oxygen atoms in total. The number of aryl methyl sites for hydroxylation is 1. The highest BCUT2D eigenvalue weighted by atomic mass is 16.3. The first-order chi connectivity index (χ1) is 10.1. The molecule has 1 aliphatic rings. The van der Waals surface area contributed by atoms with Crippen molar-refractivity contribution >= 4 is 5.69 Å². The van der Waals surface area contributed by atoms with Crippen LogP contribution in [0.15, 0.2) is 48.5 Å². The largest absolute Gasteiger partial charge is 0.389 e. The third kappa shape index (κ3) is 2.96. The number of nitrogens with one attached hydrogen (secondary N) is 1. The fraction of sp³-hybridized carbons (Fsp3) is 0.368.